The molecule has 0 aliphatic rings. The van der Waals surface area contributed by atoms with Crippen LogP contribution in [0.25, 0.3) is 11.3 Å². The van der Waals surface area contributed by atoms with Crippen LogP contribution >= 0.6 is 0 Å². The van der Waals surface area contributed by atoms with Crippen molar-refractivity contribution in [3.8, 4) is 11.3 Å². The first-order valence-corrected chi connectivity index (χ1v) is 10.3. The summed E-state index contributed by atoms with van der Waals surface area (Å²) in [5, 5.41) is 7.08. The number of nitrogens with zero attached hydrogens (tertiary/aromatic N) is 2. The summed E-state index contributed by atoms with van der Waals surface area (Å²) in [5.74, 6) is -11.4. The molecule has 34 heavy (non-hydrogen) atoms. The minimum absolute atomic E-state index is 0.0623. The molecule has 0 saturated heterocycles. The van der Waals surface area contributed by atoms with Crippen molar-refractivity contribution < 1.29 is 26.7 Å². The van der Waals surface area contributed by atoms with E-state index in [1.807, 2.05) is 60.7 Å². The summed E-state index contributed by atoms with van der Waals surface area (Å²) < 4.78 is 69.6. The Morgan fingerprint density at radius 2 is 1.35 bits per heavy atom. The smallest absolute Gasteiger partial charge is 0.224 e. The van der Waals surface area contributed by atoms with Gasteiger partial charge >= 0.3 is 0 Å². The van der Waals surface area contributed by atoms with Crippen LogP contribution in [0.2, 0.25) is 0 Å². The Kier molecular flexibility index (Phi) is 6.72. The first-order chi connectivity index (χ1) is 16.3. The lowest BCUT2D eigenvalue weighted by molar-refractivity contribution is -0.120. The van der Waals surface area contributed by atoms with E-state index in [9.17, 15) is 26.7 Å². The van der Waals surface area contributed by atoms with Crippen LogP contribution in [0.5, 0.6) is 0 Å². The molecule has 0 radical (unpaired) electrons. The number of carbonyl (C=O) groups excluding carboxylic acids is 1. The molecule has 1 N–H and O–H groups in total. The molecular formula is C25H18F5N3O. The number of aromatic nitrogens is 2. The van der Waals surface area contributed by atoms with Crippen molar-refractivity contribution in [1.82, 2.24) is 15.1 Å². The van der Waals surface area contributed by atoms with Gasteiger partial charge in [-0.05, 0) is 5.56 Å². The summed E-state index contributed by atoms with van der Waals surface area (Å²) in [7, 11) is 0. The second-order valence-electron chi connectivity index (χ2n) is 7.55. The largest absolute Gasteiger partial charge is 0.352 e. The molecule has 1 aromatic heterocycles. The Morgan fingerprint density at radius 3 is 1.97 bits per heavy atom. The summed E-state index contributed by atoms with van der Waals surface area (Å²) >= 11 is 0. The van der Waals surface area contributed by atoms with Crippen LogP contribution in [0.15, 0.2) is 66.9 Å². The predicted octanol–water partition coefficient (Wildman–Crippen LogP) is 5.15. The van der Waals surface area contributed by atoms with Gasteiger partial charge in [0, 0.05) is 29.4 Å². The van der Waals surface area contributed by atoms with Crippen molar-refractivity contribution in [3.05, 3.63) is 113 Å². The van der Waals surface area contributed by atoms with E-state index in [1.165, 1.54) is 0 Å². The maximum atomic E-state index is 13.9. The van der Waals surface area contributed by atoms with Gasteiger partial charge < -0.3 is 5.32 Å². The minimum Gasteiger partial charge on any atom is -0.352 e. The van der Waals surface area contributed by atoms with E-state index < -0.39 is 47.0 Å². The van der Waals surface area contributed by atoms with Crippen LogP contribution < -0.4 is 5.32 Å². The Morgan fingerprint density at radius 1 is 0.794 bits per heavy atom. The highest BCUT2D eigenvalue weighted by Crippen LogP contribution is 2.24. The molecule has 0 bridgehead atoms. The fourth-order valence-electron chi connectivity index (χ4n) is 3.50. The van der Waals surface area contributed by atoms with Gasteiger partial charge in [0.2, 0.25) is 11.7 Å². The third-order valence-corrected chi connectivity index (χ3v) is 5.19. The van der Waals surface area contributed by atoms with Crippen LogP contribution in [-0.4, -0.2) is 15.7 Å². The lowest BCUT2D eigenvalue weighted by atomic mass is 10.1. The molecule has 0 aliphatic heterocycles. The Hall–Kier alpha value is -4.01. The molecule has 4 nitrogen and oxygen atoms in total. The summed E-state index contributed by atoms with van der Waals surface area (Å²) in [6, 6.07) is 18.8. The second kappa shape index (κ2) is 9.86. The molecule has 4 rings (SSSR count). The molecule has 1 heterocycles. The Bertz CT molecular complexity index is 1290. The van der Waals surface area contributed by atoms with Gasteiger partial charge in [-0.1, -0.05) is 60.7 Å². The third-order valence-electron chi connectivity index (χ3n) is 5.19. The van der Waals surface area contributed by atoms with Gasteiger partial charge in [0.15, 0.2) is 23.3 Å². The van der Waals surface area contributed by atoms with Gasteiger partial charge in [-0.2, -0.15) is 5.10 Å². The van der Waals surface area contributed by atoms with E-state index in [-0.39, 0.29) is 6.54 Å². The summed E-state index contributed by atoms with van der Waals surface area (Å²) in [6.07, 6.45) is 0.721. The molecule has 0 atom stereocenters. The molecule has 0 spiro atoms. The molecule has 0 fully saturated rings. The second-order valence-corrected chi connectivity index (χ2v) is 7.55. The van der Waals surface area contributed by atoms with Crippen LogP contribution in [0.1, 0.15) is 16.7 Å². The number of hydrogen-bond donors (Lipinski definition) is 1. The fourth-order valence-corrected chi connectivity index (χ4v) is 3.50. The first-order valence-electron chi connectivity index (χ1n) is 10.3. The van der Waals surface area contributed by atoms with Crippen molar-refractivity contribution >= 4 is 5.91 Å². The van der Waals surface area contributed by atoms with Crippen molar-refractivity contribution in [1.29, 1.82) is 0 Å². The first kappa shape index (κ1) is 23.2. The summed E-state index contributed by atoms with van der Waals surface area (Å²) in [5.41, 5.74) is 1.82. The average molecular weight is 471 g/mol. The zero-order valence-electron chi connectivity index (χ0n) is 17.7. The van der Waals surface area contributed by atoms with Crippen molar-refractivity contribution in [2.24, 2.45) is 0 Å². The molecule has 0 aliphatic carbocycles. The van der Waals surface area contributed by atoms with Gasteiger partial charge in [-0.25, -0.2) is 22.0 Å². The quantitative estimate of drug-likeness (QED) is 0.230. The molecular weight excluding hydrogens is 453 g/mol. The SMILES string of the molecule is O=C(Cc1c(F)c(F)c(F)c(F)c1F)NCc1cn(Cc2ccccc2)nc1-c1ccccc1. The minimum atomic E-state index is -2.27. The maximum Gasteiger partial charge on any atom is 0.224 e. The molecule has 4 aromatic rings. The third kappa shape index (κ3) is 4.83. The predicted molar refractivity (Wildman–Crippen MR) is 115 cm³/mol. The fraction of sp³-hybridized carbons (Fsp3) is 0.120. The number of hydrogen-bond acceptors (Lipinski definition) is 2. The van der Waals surface area contributed by atoms with Gasteiger partial charge in [0.05, 0.1) is 18.7 Å². The van der Waals surface area contributed by atoms with Crippen LogP contribution in [-0.2, 0) is 24.3 Å². The molecule has 9 heteroatoms. The number of amides is 1. The van der Waals surface area contributed by atoms with Crippen molar-refractivity contribution in [3.63, 3.8) is 0 Å². The standard InChI is InChI=1S/C25H18F5N3O/c26-20-18(21(27)23(29)24(30)22(20)28)11-19(34)31-12-17-14-33(13-15-7-3-1-4-8-15)32-25(17)16-9-5-2-6-10-16/h1-10,14H,11-13H2,(H,31,34). The van der Waals surface area contributed by atoms with Crippen LogP contribution in [0.3, 0.4) is 0 Å². The molecule has 0 unspecified atom stereocenters. The molecule has 1 amide bonds. The lowest BCUT2D eigenvalue weighted by Crippen LogP contribution is -2.26. The van der Waals surface area contributed by atoms with Crippen molar-refractivity contribution in [2.45, 2.75) is 19.5 Å². The topological polar surface area (TPSA) is 46.9 Å². The Labute approximate surface area is 191 Å². The van der Waals surface area contributed by atoms with E-state index in [1.54, 1.807) is 10.9 Å². The molecule has 3 aromatic carbocycles. The van der Waals surface area contributed by atoms with Gasteiger partial charge in [-0.3, -0.25) is 9.48 Å². The zero-order chi connectivity index (χ0) is 24.2. The van der Waals surface area contributed by atoms with E-state index in [4.69, 9.17) is 0 Å². The monoisotopic (exact) mass is 471 g/mol. The van der Waals surface area contributed by atoms with Crippen molar-refractivity contribution in [2.75, 3.05) is 0 Å². The lowest BCUT2D eigenvalue weighted by Gasteiger charge is -2.09. The van der Waals surface area contributed by atoms with Gasteiger partial charge in [0.1, 0.15) is 0 Å². The van der Waals surface area contributed by atoms with Crippen LogP contribution in [0.4, 0.5) is 22.0 Å². The number of halogens is 5. The van der Waals surface area contributed by atoms with E-state index in [2.05, 4.69) is 10.4 Å². The normalized spacial score (nSPS) is 11.0. The van der Waals surface area contributed by atoms with E-state index >= 15 is 0 Å². The highest BCUT2D eigenvalue weighted by Gasteiger charge is 2.27. The highest BCUT2D eigenvalue weighted by molar-refractivity contribution is 5.79. The average Bonchev–Trinajstić information content (AvgIpc) is 3.26. The van der Waals surface area contributed by atoms with E-state index in [0.717, 1.165) is 11.1 Å². The number of benzene rings is 3. The van der Waals surface area contributed by atoms with E-state index in [0.29, 0.717) is 17.8 Å². The summed E-state index contributed by atoms with van der Waals surface area (Å²) in [4.78, 5) is 12.3. The van der Waals surface area contributed by atoms with Crippen LogP contribution in [0, 0.1) is 29.1 Å². The maximum absolute atomic E-state index is 13.9. The molecule has 0 saturated carbocycles. The van der Waals surface area contributed by atoms with Gasteiger partial charge in [0.25, 0.3) is 0 Å². The summed E-state index contributed by atoms with van der Waals surface area (Å²) in [6.45, 7) is 0.409. The van der Waals surface area contributed by atoms with Gasteiger partial charge in [-0.15, -0.1) is 0 Å². The molecule has 174 valence electrons. The highest BCUT2D eigenvalue weighted by atomic mass is 19.2. The number of rotatable bonds is 7. The zero-order valence-corrected chi connectivity index (χ0v) is 17.7. The number of carbonyl (C=O) groups is 1. The number of nitrogens with one attached hydrogen (secondary N) is 1. The Balaban J connectivity index is 1.55.